The van der Waals surface area contributed by atoms with Crippen LogP contribution in [0.2, 0.25) is 0 Å². The predicted molar refractivity (Wildman–Crippen MR) is 66.4 cm³/mol. The summed E-state index contributed by atoms with van der Waals surface area (Å²) in [5.74, 6) is -0.238. The molecular weight excluding hydrogens is 218 g/mol. The van der Waals surface area contributed by atoms with Gasteiger partial charge in [0.2, 0.25) is 0 Å². The highest BCUT2D eigenvalue weighted by Crippen LogP contribution is 2.26. The molecule has 17 heavy (non-hydrogen) atoms. The average molecular weight is 235 g/mol. The first-order valence-electron chi connectivity index (χ1n) is 5.65. The zero-order valence-electron chi connectivity index (χ0n) is 9.87. The molecule has 0 bridgehead atoms. The van der Waals surface area contributed by atoms with E-state index < -0.39 is 0 Å². The van der Waals surface area contributed by atoms with E-state index in [1.54, 1.807) is 18.3 Å². The van der Waals surface area contributed by atoms with Crippen molar-refractivity contribution in [2.24, 2.45) is 5.10 Å². The van der Waals surface area contributed by atoms with Crippen molar-refractivity contribution >= 4 is 6.21 Å². The maximum atomic E-state index is 9.60. The van der Waals surface area contributed by atoms with Crippen molar-refractivity contribution < 1.29 is 10.2 Å². The monoisotopic (exact) mass is 235 g/mol. The van der Waals surface area contributed by atoms with Crippen LogP contribution < -0.4 is 0 Å². The maximum absolute atomic E-state index is 9.60. The molecule has 0 atom stereocenters. The summed E-state index contributed by atoms with van der Waals surface area (Å²) in [6, 6.07) is 4.84. The fourth-order valence-electron chi connectivity index (χ4n) is 1.71. The van der Waals surface area contributed by atoms with E-state index in [0.29, 0.717) is 5.56 Å². The molecule has 1 saturated heterocycles. The van der Waals surface area contributed by atoms with E-state index >= 15 is 0 Å². The molecule has 5 nitrogen and oxygen atoms in total. The molecule has 1 aromatic rings. The maximum Gasteiger partial charge on any atom is 0.166 e. The van der Waals surface area contributed by atoms with Gasteiger partial charge in [0, 0.05) is 31.7 Å². The fourth-order valence-corrected chi connectivity index (χ4v) is 1.71. The van der Waals surface area contributed by atoms with Gasteiger partial charge >= 0.3 is 0 Å². The van der Waals surface area contributed by atoms with Crippen molar-refractivity contribution in [3.8, 4) is 11.5 Å². The van der Waals surface area contributed by atoms with Crippen LogP contribution in [0.3, 0.4) is 0 Å². The van der Waals surface area contributed by atoms with Gasteiger partial charge in [-0.25, -0.2) is 0 Å². The van der Waals surface area contributed by atoms with E-state index in [9.17, 15) is 10.2 Å². The number of para-hydroxylation sites is 1. The Labute approximate surface area is 101 Å². The zero-order chi connectivity index (χ0) is 12.3. The number of likely N-dealkylation sites (N-methyl/N-ethyl adjacent to an activating group) is 1. The predicted octanol–water partition coefficient (Wildman–Crippen LogP) is 0.679. The molecule has 0 saturated carbocycles. The molecule has 1 aliphatic heterocycles. The summed E-state index contributed by atoms with van der Waals surface area (Å²) in [7, 11) is 2.09. The summed E-state index contributed by atoms with van der Waals surface area (Å²) in [6.45, 7) is 3.74. The van der Waals surface area contributed by atoms with Crippen LogP contribution >= 0.6 is 0 Å². The van der Waals surface area contributed by atoms with Crippen LogP contribution in [0.25, 0.3) is 0 Å². The summed E-state index contributed by atoms with van der Waals surface area (Å²) in [5, 5.41) is 25.2. The normalized spacial score (nSPS) is 17.8. The van der Waals surface area contributed by atoms with E-state index in [-0.39, 0.29) is 11.5 Å². The molecule has 1 heterocycles. The zero-order valence-corrected chi connectivity index (χ0v) is 9.87. The van der Waals surface area contributed by atoms with Crippen molar-refractivity contribution in [1.29, 1.82) is 0 Å². The van der Waals surface area contributed by atoms with Crippen LogP contribution in [0, 0.1) is 0 Å². The summed E-state index contributed by atoms with van der Waals surface area (Å²) < 4.78 is 0. The van der Waals surface area contributed by atoms with Crippen molar-refractivity contribution in [2.45, 2.75) is 0 Å². The smallest absolute Gasteiger partial charge is 0.166 e. The van der Waals surface area contributed by atoms with E-state index in [1.807, 2.05) is 5.01 Å². The Morgan fingerprint density at radius 2 is 1.88 bits per heavy atom. The molecular formula is C12H17N3O2. The minimum atomic E-state index is -0.120. The molecule has 0 amide bonds. The number of aromatic hydroxyl groups is 2. The van der Waals surface area contributed by atoms with Gasteiger partial charge in [0.25, 0.3) is 0 Å². The molecule has 1 aromatic carbocycles. The Kier molecular flexibility index (Phi) is 3.49. The molecule has 2 N–H and O–H groups in total. The Hall–Kier alpha value is -1.75. The Morgan fingerprint density at radius 3 is 2.59 bits per heavy atom. The number of hydrazone groups is 1. The molecule has 0 radical (unpaired) electrons. The third kappa shape index (κ3) is 2.88. The van der Waals surface area contributed by atoms with Crippen molar-refractivity contribution in [2.75, 3.05) is 33.2 Å². The highest BCUT2D eigenvalue weighted by Gasteiger charge is 2.11. The Bertz CT molecular complexity index is 412. The summed E-state index contributed by atoms with van der Waals surface area (Å²) in [4.78, 5) is 2.25. The lowest BCUT2D eigenvalue weighted by Gasteiger charge is -2.30. The third-order valence-electron chi connectivity index (χ3n) is 2.89. The highest BCUT2D eigenvalue weighted by molar-refractivity contribution is 5.84. The third-order valence-corrected chi connectivity index (χ3v) is 2.89. The van der Waals surface area contributed by atoms with Gasteiger partial charge in [-0.15, -0.1) is 0 Å². The number of nitrogens with zero attached hydrogens (tertiary/aromatic N) is 3. The quantitative estimate of drug-likeness (QED) is 0.584. The van der Waals surface area contributed by atoms with E-state index in [0.717, 1.165) is 26.2 Å². The molecule has 1 fully saturated rings. The summed E-state index contributed by atoms with van der Waals surface area (Å²) in [6.07, 6.45) is 1.58. The second-order valence-corrected chi connectivity index (χ2v) is 4.22. The number of hydrogen-bond acceptors (Lipinski definition) is 5. The molecule has 0 spiro atoms. The number of hydrogen-bond donors (Lipinski definition) is 2. The first-order chi connectivity index (χ1) is 8.16. The van der Waals surface area contributed by atoms with Crippen LogP contribution in [0.1, 0.15) is 5.56 Å². The van der Waals surface area contributed by atoms with Gasteiger partial charge in [-0.05, 0) is 19.2 Å². The Balaban J connectivity index is 2.03. The molecule has 5 heteroatoms. The Morgan fingerprint density at radius 1 is 1.18 bits per heavy atom. The van der Waals surface area contributed by atoms with Crippen LogP contribution in [0.5, 0.6) is 11.5 Å². The lowest BCUT2D eigenvalue weighted by molar-refractivity contribution is 0.159. The topological polar surface area (TPSA) is 59.3 Å². The van der Waals surface area contributed by atoms with Gasteiger partial charge in [-0.2, -0.15) is 5.10 Å². The van der Waals surface area contributed by atoms with Crippen LogP contribution in [-0.2, 0) is 0 Å². The minimum Gasteiger partial charge on any atom is -0.504 e. The summed E-state index contributed by atoms with van der Waals surface area (Å²) >= 11 is 0. The standard InChI is InChI=1S/C12H17N3O2/c1-14-5-7-15(8-6-14)13-9-10-3-2-4-11(16)12(10)17/h2-4,9,16-17H,5-8H2,1H3. The fraction of sp³-hybridized carbons (Fsp3) is 0.417. The summed E-state index contributed by atoms with van der Waals surface area (Å²) in [5.41, 5.74) is 0.531. The lowest BCUT2D eigenvalue weighted by atomic mass is 10.2. The molecule has 0 aromatic heterocycles. The lowest BCUT2D eigenvalue weighted by Crippen LogP contribution is -2.41. The van der Waals surface area contributed by atoms with Gasteiger partial charge < -0.3 is 15.1 Å². The number of phenolic OH excluding ortho intramolecular Hbond substituents is 2. The van der Waals surface area contributed by atoms with Crippen LogP contribution in [0.4, 0.5) is 0 Å². The molecule has 0 aliphatic carbocycles. The highest BCUT2D eigenvalue weighted by atomic mass is 16.3. The number of rotatable bonds is 2. The number of piperazine rings is 1. The molecule has 92 valence electrons. The van der Waals surface area contributed by atoms with Crippen LogP contribution in [-0.4, -0.2) is 59.6 Å². The van der Waals surface area contributed by atoms with Gasteiger partial charge in [-0.1, -0.05) is 6.07 Å². The minimum absolute atomic E-state index is 0.118. The molecule has 0 unspecified atom stereocenters. The van der Waals surface area contributed by atoms with Crippen molar-refractivity contribution in [1.82, 2.24) is 9.91 Å². The molecule has 2 rings (SSSR count). The average Bonchev–Trinajstić information content (AvgIpc) is 2.33. The second-order valence-electron chi connectivity index (χ2n) is 4.22. The van der Waals surface area contributed by atoms with Gasteiger partial charge in [0.1, 0.15) is 0 Å². The van der Waals surface area contributed by atoms with Gasteiger partial charge in [0.05, 0.1) is 6.21 Å². The van der Waals surface area contributed by atoms with Crippen LogP contribution in [0.15, 0.2) is 23.3 Å². The first kappa shape index (κ1) is 11.7. The van der Waals surface area contributed by atoms with Crippen molar-refractivity contribution in [3.63, 3.8) is 0 Å². The first-order valence-corrected chi connectivity index (χ1v) is 5.65. The number of phenols is 2. The van der Waals surface area contributed by atoms with Crippen molar-refractivity contribution in [3.05, 3.63) is 23.8 Å². The van der Waals surface area contributed by atoms with E-state index in [1.165, 1.54) is 6.07 Å². The van der Waals surface area contributed by atoms with Gasteiger partial charge in [0.15, 0.2) is 11.5 Å². The SMILES string of the molecule is CN1CCN(N=Cc2cccc(O)c2O)CC1. The van der Waals surface area contributed by atoms with E-state index in [4.69, 9.17) is 0 Å². The van der Waals surface area contributed by atoms with E-state index in [2.05, 4.69) is 17.0 Å². The molecule has 1 aliphatic rings. The largest absolute Gasteiger partial charge is 0.504 e. The second kappa shape index (κ2) is 5.05. The number of benzene rings is 1. The van der Waals surface area contributed by atoms with Gasteiger partial charge in [-0.3, -0.25) is 5.01 Å².